The Labute approximate surface area is 274 Å². The summed E-state index contributed by atoms with van der Waals surface area (Å²) in [5.41, 5.74) is 3.48. The van der Waals surface area contributed by atoms with Gasteiger partial charge in [-0.3, -0.25) is 29.0 Å². The normalized spacial score (nSPS) is 14.3. The Hall–Kier alpha value is -6.28. The molecule has 4 amide bonds. The first-order valence-electron chi connectivity index (χ1n) is 15.6. The van der Waals surface area contributed by atoms with Crippen LogP contribution in [0.1, 0.15) is 52.6 Å². The zero-order chi connectivity index (χ0) is 32.8. The Balaban J connectivity index is 1.19. The maximum Gasteiger partial charge on any atom is 0.261 e. The molecule has 0 radical (unpaired) electrons. The molecule has 0 atom stereocenters. The standard InChI is InChI=1S/C40H26N2O6/c1-47-23-7-3-21(4-8-23)19-41-37(43)29-15-11-25-27-13-17-31-36-32(40(46)42(39(31)45)20-22-5-9-24(48-2)10-6-22)18-14-28(34(27)36)26-12-16-30(38(41)44)35(29)33(25)26/h3-18H,19-20H2,1-2H3. The van der Waals surface area contributed by atoms with Gasteiger partial charge in [0.05, 0.1) is 27.3 Å². The van der Waals surface area contributed by atoms with Crippen LogP contribution in [-0.2, 0) is 13.1 Å². The van der Waals surface area contributed by atoms with E-state index in [-0.39, 0.29) is 36.7 Å². The number of ether oxygens (including phenoxy) is 2. The largest absolute Gasteiger partial charge is 0.497 e. The van der Waals surface area contributed by atoms with Gasteiger partial charge in [0.15, 0.2) is 0 Å². The van der Waals surface area contributed by atoms with Crippen molar-refractivity contribution in [2.45, 2.75) is 13.1 Å². The van der Waals surface area contributed by atoms with Gasteiger partial charge in [0.25, 0.3) is 23.6 Å². The van der Waals surface area contributed by atoms with E-state index in [1.807, 2.05) is 48.5 Å². The van der Waals surface area contributed by atoms with Crippen LogP contribution in [0.4, 0.5) is 0 Å². The molecular weight excluding hydrogens is 604 g/mol. The van der Waals surface area contributed by atoms with Crippen LogP contribution in [0.5, 0.6) is 11.5 Å². The Kier molecular flexibility index (Phi) is 5.89. The minimum Gasteiger partial charge on any atom is -0.497 e. The molecule has 8 nitrogen and oxygen atoms in total. The van der Waals surface area contributed by atoms with Crippen molar-refractivity contribution in [2.24, 2.45) is 0 Å². The lowest BCUT2D eigenvalue weighted by molar-refractivity contribution is 0.0583. The monoisotopic (exact) mass is 630 g/mol. The van der Waals surface area contributed by atoms with E-state index < -0.39 is 0 Å². The maximum absolute atomic E-state index is 13.9. The molecule has 0 saturated heterocycles. The first kappa shape index (κ1) is 28.0. The summed E-state index contributed by atoms with van der Waals surface area (Å²) < 4.78 is 10.5. The number of methoxy groups -OCH3 is 2. The fourth-order valence-corrected chi connectivity index (χ4v) is 7.48. The van der Waals surface area contributed by atoms with E-state index in [0.717, 1.165) is 43.4 Å². The summed E-state index contributed by atoms with van der Waals surface area (Å²) in [5.74, 6) is -0.0144. The summed E-state index contributed by atoms with van der Waals surface area (Å²) in [6.07, 6.45) is 0. The molecule has 0 unspecified atom stereocenters. The number of imide groups is 2. The average Bonchev–Trinajstić information content (AvgIpc) is 3.13. The summed E-state index contributed by atoms with van der Waals surface area (Å²) in [5, 5.41) is 6.31. The zero-order valence-electron chi connectivity index (χ0n) is 26.0. The van der Waals surface area contributed by atoms with Crippen molar-refractivity contribution < 1.29 is 28.7 Å². The molecule has 8 heteroatoms. The molecule has 0 aromatic heterocycles. The quantitative estimate of drug-likeness (QED) is 0.108. The Morgan fingerprint density at radius 2 is 0.688 bits per heavy atom. The highest BCUT2D eigenvalue weighted by molar-refractivity contribution is 6.41. The van der Waals surface area contributed by atoms with Gasteiger partial charge >= 0.3 is 0 Å². The molecule has 7 aromatic carbocycles. The molecule has 0 spiro atoms. The Bertz CT molecular complexity index is 2260. The summed E-state index contributed by atoms with van der Waals surface area (Å²) in [7, 11) is 3.18. The Morgan fingerprint density at radius 1 is 0.396 bits per heavy atom. The number of carbonyl (C=O) groups is 4. The number of amides is 4. The van der Waals surface area contributed by atoms with E-state index in [4.69, 9.17) is 9.47 Å². The van der Waals surface area contributed by atoms with E-state index in [2.05, 4.69) is 0 Å². The van der Waals surface area contributed by atoms with Crippen LogP contribution in [-0.4, -0.2) is 47.6 Å². The van der Waals surface area contributed by atoms with Crippen molar-refractivity contribution in [3.05, 3.63) is 130 Å². The SMILES string of the molecule is COc1ccc(CN2C(=O)c3ccc4c5ccc6c7c(ccc(c8ccc(c3c48)C2=O)c75)C(=O)N(Cc2ccc(OC)cc2)C6=O)cc1. The lowest BCUT2D eigenvalue weighted by atomic mass is 9.82. The Morgan fingerprint density at radius 3 is 0.958 bits per heavy atom. The minimum absolute atomic E-state index is 0.136. The molecule has 0 aliphatic carbocycles. The molecule has 2 aliphatic rings. The number of hydrogen-bond donors (Lipinski definition) is 0. The lowest BCUT2D eigenvalue weighted by Crippen LogP contribution is -2.40. The molecule has 48 heavy (non-hydrogen) atoms. The first-order chi connectivity index (χ1) is 23.4. The molecule has 0 N–H and O–H groups in total. The van der Waals surface area contributed by atoms with Crippen LogP contribution in [0.2, 0.25) is 0 Å². The second-order valence-corrected chi connectivity index (χ2v) is 12.2. The average molecular weight is 631 g/mol. The molecule has 7 aromatic rings. The number of nitrogens with zero attached hydrogens (tertiary/aromatic N) is 2. The third kappa shape index (κ3) is 3.77. The van der Waals surface area contributed by atoms with Crippen molar-refractivity contribution in [1.29, 1.82) is 0 Å². The predicted molar refractivity (Wildman–Crippen MR) is 182 cm³/mol. The zero-order valence-corrected chi connectivity index (χ0v) is 26.0. The molecule has 9 rings (SSSR count). The van der Waals surface area contributed by atoms with E-state index in [0.29, 0.717) is 44.5 Å². The molecule has 232 valence electrons. The van der Waals surface area contributed by atoms with E-state index in [9.17, 15) is 19.2 Å². The second-order valence-electron chi connectivity index (χ2n) is 12.2. The summed E-state index contributed by atoms with van der Waals surface area (Å²) in [6, 6.07) is 29.4. The van der Waals surface area contributed by atoms with Gasteiger partial charge in [-0.1, -0.05) is 48.5 Å². The number of benzene rings is 7. The third-order valence-electron chi connectivity index (χ3n) is 9.80. The second kappa shape index (κ2) is 10.1. The summed E-state index contributed by atoms with van der Waals surface area (Å²) in [6.45, 7) is 0.272. The minimum atomic E-state index is -0.351. The van der Waals surface area contributed by atoms with Gasteiger partial charge in [-0.25, -0.2) is 0 Å². The van der Waals surface area contributed by atoms with Crippen molar-refractivity contribution in [3.8, 4) is 11.5 Å². The predicted octanol–water partition coefficient (Wildman–Crippen LogP) is 7.35. The number of carbonyl (C=O) groups excluding carboxylic acids is 4. The summed E-state index contributed by atoms with van der Waals surface area (Å²) >= 11 is 0. The van der Waals surface area contributed by atoms with Crippen LogP contribution < -0.4 is 9.47 Å². The molecular formula is C40H26N2O6. The van der Waals surface area contributed by atoms with Crippen molar-refractivity contribution >= 4 is 66.7 Å². The number of rotatable bonds is 6. The van der Waals surface area contributed by atoms with Gasteiger partial charge in [-0.05, 0) is 92.0 Å². The topological polar surface area (TPSA) is 93.2 Å². The number of hydrogen-bond acceptors (Lipinski definition) is 6. The summed E-state index contributed by atoms with van der Waals surface area (Å²) in [4.78, 5) is 58.2. The number of fused-ring (bicyclic) bond motifs is 2. The highest BCUT2D eigenvalue weighted by Gasteiger charge is 2.37. The van der Waals surface area contributed by atoms with Crippen LogP contribution in [0.3, 0.4) is 0 Å². The molecule has 0 bridgehead atoms. The molecule has 0 fully saturated rings. The first-order valence-corrected chi connectivity index (χ1v) is 15.6. The molecule has 2 aliphatic heterocycles. The van der Waals surface area contributed by atoms with Crippen LogP contribution in [0.15, 0.2) is 97.1 Å². The highest BCUT2D eigenvalue weighted by atomic mass is 16.5. The van der Waals surface area contributed by atoms with E-state index in [1.165, 1.54) is 9.80 Å². The third-order valence-corrected chi connectivity index (χ3v) is 9.80. The maximum atomic E-state index is 13.9. The van der Waals surface area contributed by atoms with Gasteiger partial charge in [0.1, 0.15) is 11.5 Å². The van der Waals surface area contributed by atoms with Crippen molar-refractivity contribution in [1.82, 2.24) is 9.80 Å². The fourth-order valence-electron chi connectivity index (χ4n) is 7.48. The van der Waals surface area contributed by atoms with E-state index in [1.54, 1.807) is 62.8 Å². The van der Waals surface area contributed by atoms with Gasteiger partial charge in [-0.15, -0.1) is 0 Å². The van der Waals surface area contributed by atoms with Crippen molar-refractivity contribution in [3.63, 3.8) is 0 Å². The van der Waals surface area contributed by atoms with Crippen LogP contribution >= 0.6 is 0 Å². The van der Waals surface area contributed by atoms with Gasteiger partial charge < -0.3 is 9.47 Å². The highest BCUT2D eigenvalue weighted by Crippen LogP contribution is 2.46. The van der Waals surface area contributed by atoms with Crippen molar-refractivity contribution in [2.75, 3.05) is 14.2 Å². The van der Waals surface area contributed by atoms with Crippen LogP contribution in [0, 0.1) is 0 Å². The van der Waals surface area contributed by atoms with E-state index >= 15 is 0 Å². The van der Waals surface area contributed by atoms with Gasteiger partial charge in [-0.2, -0.15) is 0 Å². The fraction of sp³-hybridized carbons (Fsp3) is 0.100. The van der Waals surface area contributed by atoms with Gasteiger partial charge in [0.2, 0.25) is 0 Å². The smallest absolute Gasteiger partial charge is 0.261 e. The molecule has 0 saturated carbocycles. The van der Waals surface area contributed by atoms with Crippen LogP contribution in [0.25, 0.3) is 43.1 Å². The molecule has 2 heterocycles. The lowest BCUT2D eigenvalue weighted by Gasteiger charge is -2.30. The van der Waals surface area contributed by atoms with Gasteiger partial charge in [0, 0.05) is 33.0 Å².